The van der Waals surface area contributed by atoms with Crippen LogP contribution in [0.4, 0.5) is 5.82 Å². The molecule has 0 radical (unpaired) electrons. The molecule has 0 atom stereocenters. The molecule has 4 aromatic rings. The molecule has 0 bridgehead atoms. The first-order chi connectivity index (χ1) is 13.6. The van der Waals surface area contributed by atoms with Crippen LogP contribution in [0, 0.1) is 5.92 Å². The minimum atomic E-state index is 0.644. The van der Waals surface area contributed by atoms with Crippen LogP contribution in [0.5, 0.6) is 0 Å². The Kier molecular flexibility index (Phi) is 5.44. The maximum atomic E-state index is 4.63. The minimum Gasteiger partial charge on any atom is -0.369 e. The molecule has 4 rings (SSSR count). The molecule has 0 amide bonds. The first-order valence-corrected chi connectivity index (χ1v) is 10.3. The summed E-state index contributed by atoms with van der Waals surface area (Å²) < 4.78 is 3.20. The number of nitrogens with zero attached hydrogens (tertiary/aromatic N) is 3. The summed E-state index contributed by atoms with van der Waals surface area (Å²) >= 11 is 3.52. The zero-order valence-corrected chi connectivity index (χ0v) is 17.6. The van der Waals surface area contributed by atoms with E-state index < -0.39 is 0 Å². The standard InChI is InChI=1S/C23H23BrN4/c1-16(2)12-13-25-22-21-20(17-6-4-3-5-7-17)14-28(23(21)27-15-26-22)19-10-8-18(24)9-11-19/h3-11,14-16H,12-13H2,1-2H3,(H,25,26,27). The van der Waals surface area contributed by atoms with Crippen molar-refractivity contribution in [3.05, 3.63) is 71.6 Å². The van der Waals surface area contributed by atoms with Gasteiger partial charge in [0.25, 0.3) is 0 Å². The van der Waals surface area contributed by atoms with Crippen molar-refractivity contribution in [2.75, 3.05) is 11.9 Å². The monoisotopic (exact) mass is 434 g/mol. The molecule has 2 heterocycles. The van der Waals surface area contributed by atoms with Gasteiger partial charge in [-0.1, -0.05) is 60.1 Å². The molecule has 2 aromatic carbocycles. The van der Waals surface area contributed by atoms with Gasteiger partial charge in [-0.2, -0.15) is 0 Å². The summed E-state index contributed by atoms with van der Waals surface area (Å²) in [6.07, 6.45) is 4.90. The molecule has 0 saturated carbocycles. The summed E-state index contributed by atoms with van der Waals surface area (Å²) in [6, 6.07) is 18.7. The summed E-state index contributed by atoms with van der Waals surface area (Å²) in [5.74, 6) is 1.53. The van der Waals surface area contributed by atoms with Crippen LogP contribution in [0.1, 0.15) is 20.3 Å². The number of halogens is 1. The van der Waals surface area contributed by atoms with Gasteiger partial charge in [-0.15, -0.1) is 0 Å². The highest BCUT2D eigenvalue weighted by Gasteiger charge is 2.17. The molecular formula is C23H23BrN4. The normalized spacial score (nSPS) is 11.3. The van der Waals surface area contributed by atoms with Crippen LogP contribution in [0.25, 0.3) is 27.8 Å². The van der Waals surface area contributed by atoms with Crippen molar-refractivity contribution >= 4 is 32.8 Å². The van der Waals surface area contributed by atoms with E-state index in [1.54, 1.807) is 6.33 Å². The summed E-state index contributed by atoms with van der Waals surface area (Å²) in [5.41, 5.74) is 4.27. The molecule has 4 nitrogen and oxygen atoms in total. The SMILES string of the molecule is CC(C)CCNc1ncnc2c1c(-c1ccccc1)cn2-c1ccc(Br)cc1. The van der Waals surface area contributed by atoms with Gasteiger partial charge in [-0.05, 0) is 42.2 Å². The molecule has 0 unspecified atom stereocenters. The van der Waals surface area contributed by atoms with Gasteiger partial charge in [0.05, 0.1) is 5.39 Å². The molecular weight excluding hydrogens is 412 g/mol. The Morgan fingerprint density at radius 1 is 1.00 bits per heavy atom. The Labute approximate surface area is 173 Å². The molecule has 28 heavy (non-hydrogen) atoms. The average molecular weight is 435 g/mol. The van der Waals surface area contributed by atoms with Gasteiger partial charge in [-0.25, -0.2) is 9.97 Å². The van der Waals surface area contributed by atoms with Crippen molar-refractivity contribution in [3.8, 4) is 16.8 Å². The van der Waals surface area contributed by atoms with Crippen LogP contribution >= 0.6 is 15.9 Å². The van der Waals surface area contributed by atoms with Gasteiger partial charge < -0.3 is 9.88 Å². The first-order valence-electron chi connectivity index (χ1n) is 9.55. The third-order valence-electron chi connectivity index (χ3n) is 4.79. The molecule has 0 fully saturated rings. The van der Waals surface area contributed by atoms with Crippen molar-refractivity contribution in [2.45, 2.75) is 20.3 Å². The largest absolute Gasteiger partial charge is 0.369 e. The Morgan fingerprint density at radius 2 is 1.75 bits per heavy atom. The van der Waals surface area contributed by atoms with Crippen LogP contribution in [0.15, 0.2) is 71.6 Å². The maximum absolute atomic E-state index is 4.63. The molecule has 142 valence electrons. The Balaban J connectivity index is 1.88. The van der Waals surface area contributed by atoms with Crippen molar-refractivity contribution in [3.63, 3.8) is 0 Å². The van der Waals surface area contributed by atoms with Gasteiger partial charge in [0.15, 0.2) is 5.65 Å². The summed E-state index contributed by atoms with van der Waals surface area (Å²) in [4.78, 5) is 9.20. The number of hydrogen-bond acceptors (Lipinski definition) is 3. The van der Waals surface area contributed by atoms with E-state index in [4.69, 9.17) is 0 Å². The predicted octanol–water partition coefficient (Wildman–Crippen LogP) is 6.31. The second-order valence-electron chi connectivity index (χ2n) is 7.29. The Morgan fingerprint density at radius 3 is 2.46 bits per heavy atom. The zero-order chi connectivity index (χ0) is 19.5. The van der Waals surface area contributed by atoms with E-state index in [0.29, 0.717) is 5.92 Å². The highest BCUT2D eigenvalue weighted by atomic mass is 79.9. The van der Waals surface area contributed by atoms with Crippen molar-refractivity contribution in [1.29, 1.82) is 0 Å². The molecule has 2 aromatic heterocycles. The molecule has 1 N–H and O–H groups in total. The van der Waals surface area contributed by atoms with Crippen LogP contribution in [0.2, 0.25) is 0 Å². The number of hydrogen-bond donors (Lipinski definition) is 1. The van der Waals surface area contributed by atoms with Crippen LogP contribution < -0.4 is 5.32 Å². The molecule has 0 aliphatic rings. The van der Waals surface area contributed by atoms with Gasteiger partial charge in [0.2, 0.25) is 0 Å². The van der Waals surface area contributed by atoms with Crippen molar-refractivity contribution in [1.82, 2.24) is 14.5 Å². The lowest BCUT2D eigenvalue weighted by Gasteiger charge is -2.10. The lowest BCUT2D eigenvalue weighted by atomic mass is 10.1. The van der Waals surface area contributed by atoms with Crippen LogP contribution in [-0.2, 0) is 0 Å². The third kappa shape index (κ3) is 3.80. The second kappa shape index (κ2) is 8.15. The van der Waals surface area contributed by atoms with E-state index >= 15 is 0 Å². The maximum Gasteiger partial charge on any atom is 0.150 e. The predicted molar refractivity (Wildman–Crippen MR) is 120 cm³/mol. The lowest BCUT2D eigenvalue weighted by molar-refractivity contribution is 0.607. The van der Waals surface area contributed by atoms with Gasteiger partial charge >= 0.3 is 0 Å². The second-order valence-corrected chi connectivity index (χ2v) is 8.20. The van der Waals surface area contributed by atoms with Gasteiger partial charge in [-0.3, -0.25) is 0 Å². The van der Waals surface area contributed by atoms with Crippen LogP contribution in [-0.4, -0.2) is 21.1 Å². The number of rotatable bonds is 6. The number of benzene rings is 2. The van der Waals surface area contributed by atoms with E-state index in [9.17, 15) is 0 Å². The van der Waals surface area contributed by atoms with E-state index in [1.165, 1.54) is 0 Å². The highest BCUT2D eigenvalue weighted by molar-refractivity contribution is 9.10. The molecule has 5 heteroatoms. The van der Waals surface area contributed by atoms with Gasteiger partial charge in [0, 0.05) is 28.5 Å². The van der Waals surface area contributed by atoms with E-state index in [1.807, 2.05) is 18.2 Å². The summed E-state index contributed by atoms with van der Waals surface area (Å²) in [7, 11) is 0. The average Bonchev–Trinajstić information content (AvgIpc) is 3.10. The molecule has 0 saturated heterocycles. The fourth-order valence-electron chi connectivity index (χ4n) is 3.31. The van der Waals surface area contributed by atoms with Gasteiger partial charge in [0.1, 0.15) is 12.1 Å². The van der Waals surface area contributed by atoms with Crippen LogP contribution in [0.3, 0.4) is 0 Å². The molecule has 0 spiro atoms. The lowest BCUT2D eigenvalue weighted by Crippen LogP contribution is -2.07. The Bertz CT molecular complexity index is 1070. The van der Waals surface area contributed by atoms with E-state index in [2.05, 4.69) is 92.2 Å². The number of aromatic nitrogens is 3. The Hall–Kier alpha value is -2.66. The van der Waals surface area contributed by atoms with E-state index in [-0.39, 0.29) is 0 Å². The van der Waals surface area contributed by atoms with Crippen molar-refractivity contribution < 1.29 is 0 Å². The molecule has 0 aliphatic carbocycles. The first kappa shape index (κ1) is 18.7. The minimum absolute atomic E-state index is 0.644. The number of anilines is 1. The summed E-state index contributed by atoms with van der Waals surface area (Å²) in [6.45, 7) is 5.36. The zero-order valence-electron chi connectivity index (χ0n) is 16.1. The van der Waals surface area contributed by atoms with E-state index in [0.717, 1.165) is 51.1 Å². The number of nitrogens with one attached hydrogen (secondary N) is 1. The highest BCUT2D eigenvalue weighted by Crippen LogP contribution is 2.35. The van der Waals surface area contributed by atoms with Crippen molar-refractivity contribution in [2.24, 2.45) is 5.92 Å². The fourth-order valence-corrected chi connectivity index (χ4v) is 3.57. The summed E-state index contributed by atoms with van der Waals surface area (Å²) in [5, 5.41) is 4.59. The molecule has 0 aliphatic heterocycles. The third-order valence-corrected chi connectivity index (χ3v) is 5.32. The fraction of sp³-hybridized carbons (Fsp3) is 0.217. The quantitative estimate of drug-likeness (QED) is 0.386. The number of fused-ring (bicyclic) bond motifs is 1. The smallest absolute Gasteiger partial charge is 0.150 e. The topological polar surface area (TPSA) is 42.7 Å².